The van der Waals surface area contributed by atoms with E-state index in [1.54, 1.807) is 13.0 Å². The zero-order valence-corrected chi connectivity index (χ0v) is 16.5. The number of benzene rings is 1. The van der Waals surface area contributed by atoms with Gasteiger partial charge in [0.2, 0.25) is 11.8 Å². The van der Waals surface area contributed by atoms with Gasteiger partial charge in [-0.25, -0.2) is 4.98 Å². The van der Waals surface area contributed by atoms with E-state index < -0.39 is 0 Å². The minimum Gasteiger partial charge on any atom is -0.478 e. The van der Waals surface area contributed by atoms with Crippen LogP contribution in [0.25, 0.3) is 10.9 Å². The Morgan fingerprint density at radius 3 is 2.74 bits per heavy atom. The van der Waals surface area contributed by atoms with Gasteiger partial charge in [-0.2, -0.15) is 0 Å². The number of halogens is 1. The maximum absolute atomic E-state index is 10.9. The van der Waals surface area contributed by atoms with E-state index in [1.807, 2.05) is 36.4 Å². The minimum atomic E-state index is -0.370. The standard InChI is InChI=1S/C22H27ClN2O2/c1-17(22(24)26)10-8-6-4-2-3-5-7-9-15-27-21-14-11-18-16-19(23)12-13-20(18)25-21/h6,8,10-14,16H,2-5,7,9,15H2,1H3,(H2,24,26). The van der Waals surface area contributed by atoms with Crippen molar-refractivity contribution in [1.82, 2.24) is 4.98 Å². The molecule has 1 aromatic carbocycles. The van der Waals surface area contributed by atoms with Crippen LogP contribution in [0.15, 0.2) is 54.1 Å². The van der Waals surface area contributed by atoms with Crippen molar-refractivity contribution in [3.05, 3.63) is 59.2 Å². The zero-order valence-electron chi connectivity index (χ0n) is 15.8. The molecular formula is C22H27ClN2O2. The number of hydrogen-bond donors (Lipinski definition) is 1. The van der Waals surface area contributed by atoms with Crippen LogP contribution in [0.5, 0.6) is 5.88 Å². The van der Waals surface area contributed by atoms with E-state index in [-0.39, 0.29) is 5.91 Å². The van der Waals surface area contributed by atoms with Crippen molar-refractivity contribution in [1.29, 1.82) is 0 Å². The summed E-state index contributed by atoms with van der Waals surface area (Å²) in [6.07, 6.45) is 12.5. The summed E-state index contributed by atoms with van der Waals surface area (Å²) < 4.78 is 5.75. The van der Waals surface area contributed by atoms with Gasteiger partial charge in [0.25, 0.3) is 0 Å². The molecule has 0 aliphatic heterocycles. The number of carbonyl (C=O) groups excluding carboxylic acids is 1. The molecule has 1 aromatic heterocycles. The first-order valence-corrected chi connectivity index (χ1v) is 9.76. The molecule has 0 unspecified atom stereocenters. The number of amides is 1. The maximum atomic E-state index is 10.9. The van der Waals surface area contributed by atoms with Crippen LogP contribution in [-0.2, 0) is 4.79 Å². The van der Waals surface area contributed by atoms with Crippen molar-refractivity contribution < 1.29 is 9.53 Å². The monoisotopic (exact) mass is 386 g/mol. The van der Waals surface area contributed by atoms with Crippen molar-refractivity contribution in [3.8, 4) is 5.88 Å². The lowest BCUT2D eigenvalue weighted by molar-refractivity contribution is -0.114. The van der Waals surface area contributed by atoms with Crippen LogP contribution in [0.2, 0.25) is 5.02 Å². The predicted molar refractivity (Wildman–Crippen MR) is 112 cm³/mol. The molecule has 1 amide bonds. The summed E-state index contributed by atoms with van der Waals surface area (Å²) in [4.78, 5) is 15.3. The molecule has 0 aliphatic rings. The van der Waals surface area contributed by atoms with Gasteiger partial charge in [-0.15, -0.1) is 0 Å². The summed E-state index contributed by atoms with van der Waals surface area (Å²) in [6.45, 7) is 2.40. The van der Waals surface area contributed by atoms with E-state index in [4.69, 9.17) is 22.1 Å². The Morgan fingerprint density at radius 1 is 1.15 bits per heavy atom. The molecular weight excluding hydrogens is 360 g/mol. The van der Waals surface area contributed by atoms with E-state index in [0.29, 0.717) is 23.1 Å². The number of carbonyl (C=O) groups is 1. The van der Waals surface area contributed by atoms with Gasteiger partial charge < -0.3 is 10.5 Å². The van der Waals surface area contributed by atoms with Gasteiger partial charge in [0.15, 0.2) is 0 Å². The molecule has 5 heteroatoms. The quantitative estimate of drug-likeness (QED) is 0.310. The van der Waals surface area contributed by atoms with E-state index >= 15 is 0 Å². The van der Waals surface area contributed by atoms with Gasteiger partial charge in [-0.3, -0.25) is 4.79 Å². The van der Waals surface area contributed by atoms with Crippen LogP contribution >= 0.6 is 11.6 Å². The van der Waals surface area contributed by atoms with Gasteiger partial charge in [0.05, 0.1) is 12.1 Å². The molecule has 0 saturated heterocycles. The first-order valence-electron chi connectivity index (χ1n) is 9.38. The number of hydrogen-bond acceptors (Lipinski definition) is 3. The fourth-order valence-corrected chi connectivity index (χ4v) is 2.80. The van der Waals surface area contributed by atoms with Gasteiger partial charge >= 0.3 is 0 Å². The highest BCUT2D eigenvalue weighted by Gasteiger charge is 2.00. The highest BCUT2D eigenvalue weighted by atomic mass is 35.5. The van der Waals surface area contributed by atoms with Gasteiger partial charge in [-0.1, -0.05) is 49.1 Å². The summed E-state index contributed by atoms with van der Waals surface area (Å²) in [5.41, 5.74) is 6.64. The molecule has 0 spiro atoms. The largest absolute Gasteiger partial charge is 0.478 e. The lowest BCUT2D eigenvalue weighted by Gasteiger charge is -2.06. The van der Waals surface area contributed by atoms with Crippen LogP contribution in [0.1, 0.15) is 45.4 Å². The fraction of sp³-hybridized carbons (Fsp3) is 0.364. The molecule has 0 atom stereocenters. The predicted octanol–water partition coefficient (Wildman–Crippen LogP) is 5.60. The fourth-order valence-electron chi connectivity index (χ4n) is 2.62. The van der Waals surface area contributed by atoms with Crippen LogP contribution in [0.3, 0.4) is 0 Å². The molecule has 0 fully saturated rings. The highest BCUT2D eigenvalue weighted by molar-refractivity contribution is 6.31. The van der Waals surface area contributed by atoms with Crippen molar-refractivity contribution in [2.75, 3.05) is 6.61 Å². The second-order valence-corrected chi connectivity index (χ2v) is 6.97. The number of fused-ring (bicyclic) bond motifs is 1. The zero-order chi connectivity index (χ0) is 19.5. The Balaban J connectivity index is 1.55. The molecule has 144 valence electrons. The lowest BCUT2D eigenvalue weighted by atomic mass is 10.1. The smallest absolute Gasteiger partial charge is 0.244 e. The number of allylic oxidation sites excluding steroid dienone is 3. The first kappa shape index (κ1) is 21.0. The Kier molecular flexibility index (Phi) is 8.85. The molecule has 1 heterocycles. The Hall–Kier alpha value is -2.33. The summed E-state index contributed by atoms with van der Waals surface area (Å²) in [5.74, 6) is 0.291. The third-order valence-corrected chi connectivity index (χ3v) is 4.50. The topological polar surface area (TPSA) is 65.2 Å². The van der Waals surface area contributed by atoms with Crippen molar-refractivity contribution >= 4 is 28.4 Å². The van der Waals surface area contributed by atoms with Crippen molar-refractivity contribution in [2.45, 2.75) is 45.4 Å². The molecule has 2 N–H and O–H groups in total. The number of nitrogens with zero attached hydrogens (tertiary/aromatic N) is 1. The van der Waals surface area contributed by atoms with E-state index in [0.717, 1.165) is 36.6 Å². The average Bonchev–Trinajstić information content (AvgIpc) is 2.65. The molecule has 0 bridgehead atoms. The molecule has 2 aromatic rings. The molecule has 2 rings (SSSR count). The minimum absolute atomic E-state index is 0.370. The Labute approximate surface area is 166 Å². The number of primary amides is 1. The first-order chi connectivity index (χ1) is 13.1. The average molecular weight is 387 g/mol. The lowest BCUT2D eigenvalue weighted by Crippen LogP contribution is -2.11. The Morgan fingerprint density at radius 2 is 1.93 bits per heavy atom. The van der Waals surface area contributed by atoms with Crippen LogP contribution in [0, 0.1) is 0 Å². The second-order valence-electron chi connectivity index (χ2n) is 6.53. The molecule has 0 aliphatic carbocycles. The summed E-state index contributed by atoms with van der Waals surface area (Å²) in [7, 11) is 0. The number of nitrogens with two attached hydrogens (primary N) is 1. The van der Waals surface area contributed by atoms with Crippen molar-refractivity contribution in [3.63, 3.8) is 0 Å². The van der Waals surface area contributed by atoms with E-state index in [2.05, 4.69) is 11.1 Å². The number of unbranched alkanes of at least 4 members (excludes halogenated alkanes) is 5. The number of aromatic nitrogens is 1. The number of pyridine rings is 1. The van der Waals surface area contributed by atoms with Gasteiger partial charge in [0.1, 0.15) is 0 Å². The van der Waals surface area contributed by atoms with Crippen LogP contribution < -0.4 is 10.5 Å². The summed E-state index contributed by atoms with van der Waals surface area (Å²) >= 11 is 5.98. The molecule has 4 nitrogen and oxygen atoms in total. The second kappa shape index (κ2) is 11.4. The molecule has 0 saturated carbocycles. The summed E-state index contributed by atoms with van der Waals surface area (Å²) in [5, 5.41) is 1.73. The number of rotatable bonds is 11. The highest BCUT2D eigenvalue weighted by Crippen LogP contribution is 2.20. The van der Waals surface area contributed by atoms with Crippen molar-refractivity contribution in [2.24, 2.45) is 5.73 Å². The normalized spacial score (nSPS) is 12.0. The van der Waals surface area contributed by atoms with Gasteiger partial charge in [-0.05, 0) is 50.5 Å². The molecule has 27 heavy (non-hydrogen) atoms. The third kappa shape index (κ3) is 7.83. The third-order valence-electron chi connectivity index (χ3n) is 4.26. The SMILES string of the molecule is CC(=CC=CCCCCCCCOc1ccc2cc(Cl)ccc2n1)C(N)=O. The maximum Gasteiger partial charge on any atom is 0.244 e. The van der Waals surface area contributed by atoms with E-state index in [9.17, 15) is 4.79 Å². The van der Waals surface area contributed by atoms with Gasteiger partial charge in [0, 0.05) is 22.0 Å². The van der Waals surface area contributed by atoms with Crippen LogP contribution in [0.4, 0.5) is 0 Å². The Bertz CT molecular complexity index is 815. The number of ether oxygens (including phenoxy) is 1. The molecule has 0 radical (unpaired) electrons. The van der Waals surface area contributed by atoms with Crippen LogP contribution in [-0.4, -0.2) is 17.5 Å². The van der Waals surface area contributed by atoms with E-state index in [1.165, 1.54) is 12.8 Å². The summed E-state index contributed by atoms with van der Waals surface area (Å²) in [6, 6.07) is 9.52.